The summed E-state index contributed by atoms with van der Waals surface area (Å²) in [6, 6.07) is 5.65. The summed E-state index contributed by atoms with van der Waals surface area (Å²) in [5, 5.41) is 17.1. The van der Waals surface area contributed by atoms with Gasteiger partial charge in [-0.25, -0.2) is 4.98 Å². The molecule has 10 heteroatoms. The minimum atomic E-state index is -0.0701. The fourth-order valence-corrected chi connectivity index (χ4v) is 3.01. The van der Waals surface area contributed by atoms with Crippen molar-refractivity contribution in [3.05, 3.63) is 50.5 Å². The van der Waals surface area contributed by atoms with Crippen molar-refractivity contribution < 1.29 is 4.74 Å². The Hall–Kier alpha value is -3.09. The second-order valence-electron chi connectivity index (χ2n) is 6.17. The highest BCUT2D eigenvalue weighted by Crippen LogP contribution is 2.27. The first kappa shape index (κ1) is 19.7. The van der Waals surface area contributed by atoms with E-state index in [2.05, 4.69) is 15.4 Å². The maximum Gasteiger partial charge on any atom is 0.253 e. The number of anilines is 2. The predicted molar refractivity (Wildman–Crippen MR) is 107 cm³/mol. The molecule has 0 amide bonds. The average Bonchev–Trinajstić information content (AvgIpc) is 2.97. The van der Waals surface area contributed by atoms with Crippen LogP contribution in [0.1, 0.15) is 16.8 Å². The highest BCUT2D eigenvalue weighted by molar-refractivity contribution is 6.34. The number of pyridine rings is 1. The minimum Gasteiger partial charge on any atom is -0.383 e. The number of nitrogens with two attached hydrogens (primary N) is 1. The van der Waals surface area contributed by atoms with Gasteiger partial charge in [0.25, 0.3) is 5.56 Å². The zero-order valence-electron chi connectivity index (χ0n) is 15.6. The first-order valence-corrected chi connectivity index (χ1v) is 9.01. The van der Waals surface area contributed by atoms with Crippen LogP contribution in [0.25, 0.3) is 5.65 Å². The molecule has 0 aromatic carbocycles. The average molecular weight is 402 g/mol. The van der Waals surface area contributed by atoms with E-state index in [1.165, 1.54) is 4.52 Å². The normalized spacial score (nSPS) is 10.9. The van der Waals surface area contributed by atoms with Gasteiger partial charge >= 0.3 is 0 Å². The molecule has 3 rings (SSSR count). The van der Waals surface area contributed by atoms with Crippen LogP contribution in [-0.4, -0.2) is 39.4 Å². The molecule has 0 bridgehead atoms. The van der Waals surface area contributed by atoms with Crippen LogP contribution in [0.5, 0.6) is 0 Å². The smallest absolute Gasteiger partial charge is 0.253 e. The Morgan fingerprint density at radius 2 is 2.25 bits per heavy atom. The Labute approximate surface area is 166 Å². The second-order valence-corrected chi connectivity index (χ2v) is 6.55. The van der Waals surface area contributed by atoms with Crippen molar-refractivity contribution in [2.75, 3.05) is 31.3 Å². The van der Waals surface area contributed by atoms with Gasteiger partial charge in [0.2, 0.25) is 0 Å². The summed E-state index contributed by atoms with van der Waals surface area (Å²) in [5.74, 6) is 0.469. The van der Waals surface area contributed by atoms with Crippen LogP contribution < -0.4 is 16.6 Å². The summed E-state index contributed by atoms with van der Waals surface area (Å²) >= 11 is 6.22. The second kappa shape index (κ2) is 8.29. The first-order chi connectivity index (χ1) is 13.5. The number of nitrogens with one attached hydrogen (secondary N) is 1. The molecule has 146 valence electrons. The van der Waals surface area contributed by atoms with Crippen molar-refractivity contribution in [1.82, 2.24) is 19.2 Å². The van der Waals surface area contributed by atoms with E-state index in [9.17, 15) is 10.1 Å². The van der Waals surface area contributed by atoms with Gasteiger partial charge < -0.3 is 20.4 Å². The molecule has 0 unspecified atom stereocenters. The van der Waals surface area contributed by atoms with Gasteiger partial charge in [0, 0.05) is 32.0 Å². The molecule has 9 nitrogen and oxygen atoms in total. The highest BCUT2D eigenvalue weighted by atomic mass is 35.5. The Morgan fingerprint density at radius 3 is 2.96 bits per heavy atom. The molecule has 0 radical (unpaired) electrons. The Bertz CT molecular complexity index is 1110. The lowest BCUT2D eigenvalue weighted by molar-refractivity contribution is 0.186. The van der Waals surface area contributed by atoms with Crippen LogP contribution in [-0.2, 0) is 17.7 Å². The van der Waals surface area contributed by atoms with E-state index in [0.717, 1.165) is 0 Å². The van der Waals surface area contributed by atoms with Crippen molar-refractivity contribution in [3.8, 4) is 6.07 Å². The fraction of sp³-hybridized carbons (Fsp3) is 0.333. The number of hydrogen-bond donors (Lipinski definition) is 2. The van der Waals surface area contributed by atoms with Gasteiger partial charge in [-0.1, -0.05) is 17.7 Å². The summed E-state index contributed by atoms with van der Waals surface area (Å²) in [7, 11) is 1.59. The highest BCUT2D eigenvalue weighted by Gasteiger charge is 2.18. The molecule has 3 heterocycles. The van der Waals surface area contributed by atoms with E-state index in [1.807, 2.05) is 12.1 Å². The van der Waals surface area contributed by atoms with Crippen molar-refractivity contribution in [2.24, 2.45) is 0 Å². The molecule has 3 aromatic rings. The number of ether oxygens (including phenoxy) is 1. The van der Waals surface area contributed by atoms with Gasteiger partial charge in [-0.3, -0.25) is 4.79 Å². The molecule has 0 aliphatic rings. The largest absolute Gasteiger partial charge is 0.383 e. The Morgan fingerprint density at radius 1 is 1.46 bits per heavy atom. The summed E-state index contributed by atoms with van der Waals surface area (Å²) in [5.41, 5.74) is 7.76. The predicted octanol–water partition coefficient (Wildman–Crippen LogP) is 1.61. The van der Waals surface area contributed by atoms with E-state index in [-0.39, 0.29) is 16.9 Å². The number of aromatic nitrogens is 4. The van der Waals surface area contributed by atoms with Gasteiger partial charge in [-0.2, -0.15) is 14.9 Å². The molecule has 0 aliphatic heterocycles. The first-order valence-electron chi connectivity index (χ1n) is 8.63. The molecule has 0 saturated carbocycles. The van der Waals surface area contributed by atoms with Crippen LogP contribution in [0.15, 0.2) is 23.1 Å². The summed E-state index contributed by atoms with van der Waals surface area (Å²) in [6.07, 6.45) is 2.18. The molecule has 0 saturated heterocycles. The zero-order valence-corrected chi connectivity index (χ0v) is 16.3. The van der Waals surface area contributed by atoms with Gasteiger partial charge in [0.05, 0.1) is 12.3 Å². The number of hydrogen-bond acceptors (Lipinski definition) is 7. The quantitative estimate of drug-likeness (QED) is 0.616. The van der Waals surface area contributed by atoms with E-state index >= 15 is 0 Å². The van der Waals surface area contributed by atoms with Crippen LogP contribution in [0.2, 0.25) is 5.02 Å². The molecular weight excluding hydrogens is 382 g/mol. The lowest BCUT2D eigenvalue weighted by Crippen LogP contribution is -2.26. The number of halogens is 1. The Kier molecular flexibility index (Phi) is 5.82. The fourth-order valence-electron chi connectivity index (χ4n) is 2.85. The summed E-state index contributed by atoms with van der Waals surface area (Å²) in [4.78, 5) is 16.9. The Balaban J connectivity index is 1.82. The minimum absolute atomic E-state index is 0.0701. The van der Waals surface area contributed by atoms with Crippen LogP contribution in [0.4, 0.5) is 11.6 Å². The van der Waals surface area contributed by atoms with E-state index in [0.29, 0.717) is 53.9 Å². The van der Waals surface area contributed by atoms with Crippen molar-refractivity contribution in [3.63, 3.8) is 0 Å². The molecule has 0 aliphatic carbocycles. The third-order valence-corrected chi connectivity index (χ3v) is 4.78. The summed E-state index contributed by atoms with van der Waals surface area (Å²) < 4.78 is 7.98. The maximum atomic E-state index is 12.5. The standard InChI is InChI=1S/C18H20ClN7O2/c1-11-14(19)17-23-16(13(10-20)15(21)26(17)24-11)22-6-5-12-4-3-7-25(18(12)27)8-9-28-2/h3-4,7H,5-6,8-9,21H2,1-2H3,(H,22,23). The molecule has 3 N–H and O–H groups in total. The molecule has 0 atom stereocenters. The third kappa shape index (κ3) is 3.65. The number of methoxy groups -OCH3 is 1. The number of nitriles is 1. The monoisotopic (exact) mass is 401 g/mol. The lowest BCUT2D eigenvalue weighted by Gasteiger charge is -2.11. The summed E-state index contributed by atoms with van der Waals surface area (Å²) in [6.45, 7) is 3.08. The molecule has 28 heavy (non-hydrogen) atoms. The van der Waals surface area contributed by atoms with Crippen LogP contribution in [0, 0.1) is 18.3 Å². The van der Waals surface area contributed by atoms with E-state index in [4.69, 9.17) is 22.1 Å². The SMILES string of the molecule is COCCn1cccc(CCNc2nc3c(Cl)c(C)nn3c(N)c2C#N)c1=O. The van der Waals surface area contributed by atoms with E-state index < -0.39 is 0 Å². The number of rotatable bonds is 7. The zero-order chi connectivity index (χ0) is 20.3. The van der Waals surface area contributed by atoms with Crippen molar-refractivity contribution in [1.29, 1.82) is 5.26 Å². The number of nitrogens with zero attached hydrogens (tertiary/aromatic N) is 5. The third-order valence-electron chi connectivity index (χ3n) is 4.34. The molecule has 0 spiro atoms. The van der Waals surface area contributed by atoms with E-state index in [1.54, 1.807) is 30.9 Å². The number of fused-ring (bicyclic) bond motifs is 1. The van der Waals surface area contributed by atoms with Gasteiger partial charge in [-0.15, -0.1) is 0 Å². The van der Waals surface area contributed by atoms with Crippen molar-refractivity contribution in [2.45, 2.75) is 19.9 Å². The maximum absolute atomic E-state index is 12.5. The lowest BCUT2D eigenvalue weighted by atomic mass is 10.2. The number of aryl methyl sites for hydroxylation is 1. The number of nitrogen functional groups attached to an aromatic ring is 1. The van der Waals surface area contributed by atoms with Gasteiger partial charge in [0.15, 0.2) is 5.65 Å². The molecular formula is C18H20ClN7O2. The topological polar surface area (TPSA) is 123 Å². The van der Waals surface area contributed by atoms with Crippen LogP contribution >= 0.6 is 11.6 Å². The van der Waals surface area contributed by atoms with Gasteiger partial charge in [0.1, 0.15) is 28.3 Å². The molecule has 0 fully saturated rings. The van der Waals surface area contributed by atoms with Crippen molar-refractivity contribution >= 4 is 28.9 Å². The molecule has 3 aromatic heterocycles. The van der Waals surface area contributed by atoms with Gasteiger partial charge in [-0.05, 0) is 19.4 Å². The van der Waals surface area contributed by atoms with Crippen LogP contribution in [0.3, 0.4) is 0 Å².